The normalized spacial score (nSPS) is 11.0. The predicted octanol–water partition coefficient (Wildman–Crippen LogP) is 3.18. The zero-order chi connectivity index (χ0) is 22.5. The van der Waals surface area contributed by atoms with Gasteiger partial charge in [0.05, 0.1) is 11.8 Å². The maximum Gasteiger partial charge on any atom is 0.302 e. The van der Waals surface area contributed by atoms with Crippen molar-refractivity contribution in [1.29, 1.82) is 5.41 Å². The van der Waals surface area contributed by atoms with Crippen LogP contribution in [0, 0.1) is 5.41 Å². The number of nitrogens with two attached hydrogens (primary N) is 1. The van der Waals surface area contributed by atoms with Crippen LogP contribution in [0.1, 0.15) is 12.5 Å². The van der Waals surface area contributed by atoms with Gasteiger partial charge in [-0.05, 0) is 42.0 Å². The number of nitrogens with one attached hydrogen (secondary N) is 2. The second-order valence-corrected chi connectivity index (χ2v) is 6.75. The van der Waals surface area contributed by atoms with Crippen molar-refractivity contribution in [3.63, 3.8) is 0 Å². The molecule has 4 aromatic rings. The van der Waals surface area contributed by atoms with Crippen LogP contribution in [-0.2, 0) is 16.1 Å². The molecule has 0 bridgehead atoms. The molecule has 0 radical (unpaired) electrons. The highest BCUT2D eigenvalue weighted by Gasteiger charge is 2.18. The van der Waals surface area contributed by atoms with Gasteiger partial charge in [-0.2, -0.15) is 5.10 Å². The van der Waals surface area contributed by atoms with E-state index >= 15 is 0 Å². The summed E-state index contributed by atoms with van der Waals surface area (Å²) in [5, 5.41) is 11.0. The molecule has 10 heteroatoms. The Morgan fingerprint density at radius 2 is 2.03 bits per heavy atom. The van der Waals surface area contributed by atoms with Crippen LogP contribution in [0.5, 0.6) is 0 Å². The third kappa shape index (κ3) is 4.29. The number of nitrogens with zero attached hydrogens (tertiary/aromatic N) is 5. The molecule has 10 nitrogen and oxygen atoms in total. The minimum Gasteiger partial charge on any atom is -0.461 e. The second-order valence-electron chi connectivity index (χ2n) is 6.75. The number of esters is 1. The standard InChI is InChI=1S/C22H20N8O2/c1-14(31)32-13-15-4-6-16(7-5-15)30-21(17-3-2-11-25-20(17)24)27-18-8-9-19(28-22(18)30)29-26-12-10-23/h2-12,23H,13H2,1H3,(H2,24,25)(H,28,29)/b23-10?,26-12-. The number of ether oxygens (including phenoxy) is 1. The lowest BCUT2D eigenvalue weighted by Gasteiger charge is -2.11. The fourth-order valence-electron chi connectivity index (χ4n) is 3.12. The number of imidazole rings is 1. The predicted molar refractivity (Wildman–Crippen MR) is 123 cm³/mol. The van der Waals surface area contributed by atoms with Gasteiger partial charge in [0.25, 0.3) is 0 Å². The highest BCUT2D eigenvalue weighted by atomic mass is 16.5. The summed E-state index contributed by atoms with van der Waals surface area (Å²) >= 11 is 0. The van der Waals surface area contributed by atoms with Crippen LogP contribution in [-0.4, -0.2) is 37.9 Å². The van der Waals surface area contributed by atoms with Gasteiger partial charge in [-0.3, -0.25) is 14.8 Å². The van der Waals surface area contributed by atoms with Gasteiger partial charge < -0.3 is 15.9 Å². The number of anilines is 2. The quantitative estimate of drug-likeness (QED) is 0.233. The monoisotopic (exact) mass is 428 g/mol. The summed E-state index contributed by atoms with van der Waals surface area (Å²) < 4.78 is 6.95. The van der Waals surface area contributed by atoms with Gasteiger partial charge in [-0.15, -0.1) is 0 Å². The number of rotatable bonds is 7. The molecule has 160 valence electrons. The van der Waals surface area contributed by atoms with Crippen molar-refractivity contribution in [2.75, 3.05) is 11.2 Å². The summed E-state index contributed by atoms with van der Waals surface area (Å²) in [6.45, 7) is 1.57. The topological polar surface area (TPSA) is 144 Å². The lowest BCUT2D eigenvalue weighted by atomic mass is 10.2. The van der Waals surface area contributed by atoms with Gasteiger partial charge in [0.1, 0.15) is 23.8 Å². The van der Waals surface area contributed by atoms with E-state index < -0.39 is 0 Å². The molecule has 0 aliphatic rings. The van der Waals surface area contributed by atoms with Crippen LogP contribution in [0.2, 0.25) is 0 Å². The van der Waals surface area contributed by atoms with E-state index in [-0.39, 0.29) is 12.6 Å². The molecule has 0 saturated heterocycles. The zero-order valence-electron chi connectivity index (χ0n) is 17.2. The highest BCUT2D eigenvalue weighted by Crippen LogP contribution is 2.31. The summed E-state index contributed by atoms with van der Waals surface area (Å²) in [5.74, 6) is 1.10. The van der Waals surface area contributed by atoms with Gasteiger partial charge in [-0.1, -0.05) is 12.1 Å². The van der Waals surface area contributed by atoms with Crippen molar-refractivity contribution in [2.45, 2.75) is 13.5 Å². The van der Waals surface area contributed by atoms with E-state index in [0.717, 1.165) is 17.5 Å². The molecular weight excluding hydrogens is 408 g/mol. The van der Waals surface area contributed by atoms with E-state index in [2.05, 4.69) is 20.5 Å². The highest BCUT2D eigenvalue weighted by molar-refractivity contribution is 6.14. The van der Waals surface area contributed by atoms with Crippen molar-refractivity contribution in [1.82, 2.24) is 19.5 Å². The number of pyridine rings is 2. The van der Waals surface area contributed by atoms with Gasteiger partial charge in [0.2, 0.25) is 0 Å². The third-order valence-corrected chi connectivity index (χ3v) is 4.55. The average Bonchev–Trinajstić information content (AvgIpc) is 3.17. The molecule has 0 amide bonds. The molecule has 0 atom stereocenters. The van der Waals surface area contributed by atoms with Crippen LogP contribution in [0.4, 0.5) is 11.6 Å². The average molecular weight is 428 g/mol. The van der Waals surface area contributed by atoms with Crippen molar-refractivity contribution < 1.29 is 9.53 Å². The second kappa shape index (κ2) is 9.04. The first-order valence-electron chi connectivity index (χ1n) is 9.68. The minimum atomic E-state index is -0.334. The van der Waals surface area contributed by atoms with E-state index in [9.17, 15) is 4.79 Å². The number of carbonyl (C=O) groups excluding carboxylic acids is 1. The van der Waals surface area contributed by atoms with Gasteiger partial charge >= 0.3 is 5.97 Å². The molecule has 0 fully saturated rings. The Morgan fingerprint density at radius 1 is 1.22 bits per heavy atom. The van der Waals surface area contributed by atoms with Crippen molar-refractivity contribution in [3.8, 4) is 17.1 Å². The number of nitrogen functional groups attached to an aromatic ring is 1. The molecule has 4 rings (SSSR count). The van der Waals surface area contributed by atoms with Crippen molar-refractivity contribution >= 4 is 41.2 Å². The molecule has 4 N–H and O–H groups in total. The largest absolute Gasteiger partial charge is 0.461 e. The number of fused-ring (bicyclic) bond motifs is 1. The van der Waals surface area contributed by atoms with E-state index in [1.807, 2.05) is 41.0 Å². The minimum absolute atomic E-state index is 0.194. The first-order chi connectivity index (χ1) is 15.6. The Labute approximate surface area is 183 Å². The fourth-order valence-corrected chi connectivity index (χ4v) is 3.12. The molecule has 0 aliphatic heterocycles. The molecule has 0 unspecified atom stereocenters. The Morgan fingerprint density at radius 3 is 2.75 bits per heavy atom. The smallest absolute Gasteiger partial charge is 0.302 e. The van der Waals surface area contributed by atoms with Gasteiger partial charge in [-0.25, -0.2) is 15.0 Å². The Kier molecular flexibility index (Phi) is 5.84. The van der Waals surface area contributed by atoms with Crippen LogP contribution in [0.15, 0.2) is 59.8 Å². The summed E-state index contributed by atoms with van der Waals surface area (Å²) in [5.41, 5.74) is 12.5. The zero-order valence-corrected chi connectivity index (χ0v) is 17.2. The van der Waals surface area contributed by atoms with Crippen molar-refractivity contribution in [2.24, 2.45) is 5.10 Å². The summed E-state index contributed by atoms with van der Waals surface area (Å²) in [7, 11) is 0. The van der Waals surface area contributed by atoms with Gasteiger partial charge in [0.15, 0.2) is 11.5 Å². The lowest BCUT2D eigenvalue weighted by molar-refractivity contribution is -0.142. The summed E-state index contributed by atoms with van der Waals surface area (Å²) in [4.78, 5) is 24.7. The maximum atomic E-state index is 11.1. The Balaban J connectivity index is 1.85. The van der Waals surface area contributed by atoms with E-state index in [1.165, 1.54) is 13.1 Å². The molecular formula is C22H20N8O2. The SMILES string of the molecule is CC(=O)OCc1ccc(-n2c(-c3cccnc3N)nc3ccc(N/N=C\C=N)nc32)cc1. The molecule has 0 aliphatic carbocycles. The fraction of sp³-hybridized carbons (Fsp3) is 0.0909. The van der Waals surface area contributed by atoms with Crippen molar-refractivity contribution in [3.05, 3.63) is 60.3 Å². The third-order valence-electron chi connectivity index (χ3n) is 4.55. The summed E-state index contributed by atoms with van der Waals surface area (Å²) in [6.07, 6.45) is 4.00. The first-order valence-corrected chi connectivity index (χ1v) is 9.68. The first kappa shape index (κ1) is 20.7. The van der Waals surface area contributed by atoms with Crippen LogP contribution >= 0.6 is 0 Å². The van der Waals surface area contributed by atoms with Crippen LogP contribution in [0.3, 0.4) is 0 Å². The molecule has 1 aromatic carbocycles. The molecule has 0 saturated carbocycles. The van der Waals surface area contributed by atoms with Gasteiger partial charge in [0, 0.05) is 25.0 Å². The van der Waals surface area contributed by atoms with Crippen LogP contribution in [0.25, 0.3) is 28.2 Å². The molecule has 3 heterocycles. The Hall–Kier alpha value is -4.60. The van der Waals surface area contributed by atoms with E-state index in [0.29, 0.717) is 34.2 Å². The lowest BCUT2D eigenvalue weighted by Crippen LogP contribution is -2.03. The number of hydrazone groups is 1. The number of hydrogen-bond acceptors (Lipinski definition) is 9. The molecule has 0 spiro atoms. The number of carbonyl (C=O) groups is 1. The summed E-state index contributed by atoms with van der Waals surface area (Å²) in [6, 6.07) is 14.8. The number of hydrogen-bond donors (Lipinski definition) is 3. The molecule has 3 aromatic heterocycles. The maximum absolute atomic E-state index is 11.1. The number of aromatic nitrogens is 4. The van der Waals surface area contributed by atoms with E-state index in [1.54, 1.807) is 18.3 Å². The Bertz CT molecular complexity index is 1310. The molecule has 32 heavy (non-hydrogen) atoms. The van der Waals surface area contributed by atoms with Crippen LogP contribution < -0.4 is 11.2 Å². The number of benzene rings is 1. The van der Waals surface area contributed by atoms with E-state index in [4.69, 9.17) is 20.9 Å².